The molecule has 19 heavy (non-hydrogen) atoms. The minimum Gasteiger partial charge on any atom is -0.374 e. The van der Waals surface area contributed by atoms with E-state index in [1.54, 1.807) is 0 Å². The van der Waals surface area contributed by atoms with Gasteiger partial charge >= 0.3 is 0 Å². The van der Waals surface area contributed by atoms with E-state index in [9.17, 15) is 0 Å². The molecule has 0 aromatic heterocycles. The van der Waals surface area contributed by atoms with Crippen LogP contribution in [0.15, 0.2) is 18.2 Å². The van der Waals surface area contributed by atoms with Crippen LogP contribution in [-0.4, -0.2) is 20.1 Å². The number of hydrogen-bond acceptors (Lipinski definition) is 2. The van der Waals surface area contributed by atoms with Gasteiger partial charge in [-0.3, -0.25) is 0 Å². The molecule has 0 spiro atoms. The lowest BCUT2D eigenvalue weighted by molar-refractivity contribution is 0.523. The van der Waals surface area contributed by atoms with E-state index in [-0.39, 0.29) is 5.41 Å². The molecule has 0 amide bonds. The average molecular weight is 260 g/mol. The third kappa shape index (κ3) is 3.11. The maximum absolute atomic E-state index is 5.89. The van der Waals surface area contributed by atoms with Crippen LogP contribution in [0.3, 0.4) is 0 Å². The molecule has 0 bridgehead atoms. The van der Waals surface area contributed by atoms with Gasteiger partial charge in [0.05, 0.1) is 0 Å². The summed E-state index contributed by atoms with van der Waals surface area (Å²) in [6.07, 6.45) is 2.57. The molecular weight excluding hydrogens is 232 g/mol. The maximum Gasteiger partial charge on any atom is 0.0393 e. The Morgan fingerprint density at radius 3 is 2.32 bits per heavy atom. The molecule has 2 heteroatoms. The van der Waals surface area contributed by atoms with Crippen molar-refractivity contribution in [3.05, 3.63) is 29.3 Å². The lowest BCUT2D eigenvalue weighted by Crippen LogP contribution is -2.31. The van der Waals surface area contributed by atoms with E-state index in [0.29, 0.717) is 5.41 Å². The molecule has 2 rings (SSSR count). The summed E-state index contributed by atoms with van der Waals surface area (Å²) in [5.74, 6) is 0. The average Bonchev–Trinajstić information content (AvgIpc) is 3.08. The first-order chi connectivity index (χ1) is 8.77. The molecule has 1 saturated carbocycles. The molecule has 1 aliphatic carbocycles. The lowest BCUT2D eigenvalue weighted by atomic mass is 9.86. The van der Waals surface area contributed by atoms with E-state index in [4.69, 9.17) is 5.73 Å². The number of rotatable bonds is 4. The molecule has 0 saturated heterocycles. The molecule has 2 N–H and O–H groups in total. The fraction of sp³-hybridized carbons (Fsp3) is 0.647. The highest BCUT2D eigenvalue weighted by molar-refractivity contribution is 5.55. The highest BCUT2D eigenvalue weighted by Gasteiger charge is 2.42. The zero-order chi connectivity index (χ0) is 14.3. The summed E-state index contributed by atoms with van der Waals surface area (Å²) in [5, 5.41) is 0. The Bertz CT molecular complexity index is 453. The molecule has 1 fully saturated rings. The van der Waals surface area contributed by atoms with Gasteiger partial charge in [-0.25, -0.2) is 0 Å². The molecule has 0 unspecified atom stereocenters. The monoisotopic (exact) mass is 260 g/mol. The predicted molar refractivity (Wildman–Crippen MR) is 83.9 cm³/mol. The largest absolute Gasteiger partial charge is 0.374 e. The van der Waals surface area contributed by atoms with Crippen LogP contribution in [0, 0.1) is 12.3 Å². The Morgan fingerprint density at radius 1 is 1.26 bits per heavy atom. The van der Waals surface area contributed by atoms with Crippen LogP contribution >= 0.6 is 0 Å². The molecule has 0 heterocycles. The number of nitrogens with zero attached hydrogens (tertiary/aromatic N) is 1. The molecule has 0 radical (unpaired) electrons. The SMILES string of the molecule is Cc1cc(C(C)(C)C)ccc1N(C)CC1(CN)CC1. The Labute approximate surface area is 118 Å². The van der Waals surface area contributed by atoms with Crippen LogP contribution in [-0.2, 0) is 5.41 Å². The van der Waals surface area contributed by atoms with Crippen LogP contribution in [0.5, 0.6) is 0 Å². The lowest BCUT2D eigenvalue weighted by Gasteiger charge is -2.28. The Morgan fingerprint density at radius 2 is 1.89 bits per heavy atom. The van der Waals surface area contributed by atoms with Gasteiger partial charge in [0.2, 0.25) is 0 Å². The maximum atomic E-state index is 5.89. The zero-order valence-electron chi connectivity index (χ0n) is 13.1. The zero-order valence-corrected chi connectivity index (χ0v) is 13.1. The molecular formula is C17H28N2. The standard InChI is InChI=1S/C17H28N2/c1-13-10-14(16(2,3)4)6-7-15(13)19(5)12-17(11-18)8-9-17/h6-7,10H,8-9,11-12,18H2,1-5H3. The minimum absolute atomic E-state index is 0.219. The molecule has 1 aliphatic rings. The smallest absolute Gasteiger partial charge is 0.0393 e. The molecule has 2 nitrogen and oxygen atoms in total. The van der Waals surface area contributed by atoms with Gasteiger partial charge in [0, 0.05) is 24.7 Å². The highest BCUT2D eigenvalue weighted by atomic mass is 15.1. The Kier molecular flexibility index (Phi) is 3.65. The van der Waals surface area contributed by atoms with Crippen LogP contribution in [0.1, 0.15) is 44.7 Å². The highest BCUT2D eigenvalue weighted by Crippen LogP contribution is 2.45. The van der Waals surface area contributed by atoms with E-state index in [0.717, 1.165) is 13.1 Å². The number of nitrogens with two attached hydrogens (primary N) is 1. The second kappa shape index (κ2) is 4.82. The van der Waals surface area contributed by atoms with Gasteiger partial charge in [-0.15, -0.1) is 0 Å². The third-order valence-corrected chi connectivity index (χ3v) is 4.44. The first-order valence-corrected chi connectivity index (χ1v) is 7.30. The van der Waals surface area contributed by atoms with Gasteiger partial charge in [-0.1, -0.05) is 32.9 Å². The number of hydrogen-bond donors (Lipinski definition) is 1. The predicted octanol–water partition coefficient (Wildman–Crippen LogP) is 3.47. The van der Waals surface area contributed by atoms with Crippen molar-refractivity contribution in [1.29, 1.82) is 0 Å². The number of benzene rings is 1. The summed E-state index contributed by atoms with van der Waals surface area (Å²) in [4.78, 5) is 2.38. The second-order valence-electron chi connectivity index (χ2n) is 7.31. The molecule has 0 atom stereocenters. The van der Waals surface area contributed by atoms with Crippen molar-refractivity contribution >= 4 is 5.69 Å². The third-order valence-electron chi connectivity index (χ3n) is 4.44. The van der Waals surface area contributed by atoms with E-state index in [1.807, 2.05) is 0 Å². The summed E-state index contributed by atoms with van der Waals surface area (Å²) in [7, 11) is 2.19. The molecule has 1 aromatic rings. The van der Waals surface area contributed by atoms with Gasteiger partial charge in [0.1, 0.15) is 0 Å². The van der Waals surface area contributed by atoms with E-state index in [2.05, 4.69) is 57.8 Å². The minimum atomic E-state index is 0.219. The number of anilines is 1. The van der Waals surface area contributed by atoms with E-state index in [1.165, 1.54) is 29.7 Å². The van der Waals surface area contributed by atoms with Gasteiger partial charge in [0.15, 0.2) is 0 Å². The van der Waals surface area contributed by atoms with Crippen molar-refractivity contribution in [3.8, 4) is 0 Å². The topological polar surface area (TPSA) is 29.3 Å². The van der Waals surface area contributed by atoms with E-state index >= 15 is 0 Å². The fourth-order valence-electron chi connectivity index (χ4n) is 2.74. The van der Waals surface area contributed by atoms with Crippen molar-refractivity contribution in [2.45, 2.75) is 46.0 Å². The van der Waals surface area contributed by atoms with Crippen LogP contribution in [0.2, 0.25) is 0 Å². The summed E-state index contributed by atoms with van der Waals surface area (Å²) in [5.41, 5.74) is 10.6. The fourth-order valence-corrected chi connectivity index (χ4v) is 2.74. The van der Waals surface area contributed by atoms with Gasteiger partial charge in [0.25, 0.3) is 0 Å². The molecule has 1 aromatic carbocycles. The summed E-state index contributed by atoms with van der Waals surface area (Å²) in [6, 6.07) is 6.86. The molecule has 106 valence electrons. The van der Waals surface area contributed by atoms with Crippen molar-refractivity contribution in [2.75, 3.05) is 25.0 Å². The van der Waals surface area contributed by atoms with Gasteiger partial charge in [-0.05, 0) is 48.9 Å². The normalized spacial score (nSPS) is 17.4. The Hall–Kier alpha value is -1.02. The second-order valence-corrected chi connectivity index (χ2v) is 7.31. The van der Waals surface area contributed by atoms with Crippen LogP contribution in [0.4, 0.5) is 5.69 Å². The van der Waals surface area contributed by atoms with Crippen molar-refractivity contribution in [2.24, 2.45) is 11.1 Å². The van der Waals surface area contributed by atoms with Crippen LogP contribution < -0.4 is 10.6 Å². The first-order valence-electron chi connectivity index (χ1n) is 7.30. The van der Waals surface area contributed by atoms with Crippen LogP contribution in [0.25, 0.3) is 0 Å². The van der Waals surface area contributed by atoms with Crippen molar-refractivity contribution in [1.82, 2.24) is 0 Å². The molecule has 0 aliphatic heterocycles. The Balaban J connectivity index is 2.17. The van der Waals surface area contributed by atoms with Crippen molar-refractivity contribution < 1.29 is 0 Å². The number of aryl methyl sites for hydroxylation is 1. The quantitative estimate of drug-likeness (QED) is 0.898. The van der Waals surface area contributed by atoms with Gasteiger partial charge in [-0.2, -0.15) is 0 Å². The van der Waals surface area contributed by atoms with Crippen molar-refractivity contribution in [3.63, 3.8) is 0 Å². The van der Waals surface area contributed by atoms with Gasteiger partial charge < -0.3 is 10.6 Å². The summed E-state index contributed by atoms with van der Waals surface area (Å²) in [6.45, 7) is 10.9. The summed E-state index contributed by atoms with van der Waals surface area (Å²) < 4.78 is 0. The first kappa shape index (κ1) is 14.4. The van der Waals surface area contributed by atoms with E-state index < -0.39 is 0 Å². The summed E-state index contributed by atoms with van der Waals surface area (Å²) >= 11 is 0.